The minimum Gasteiger partial charge on any atom is -0.354 e. The van der Waals surface area contributed by atoms with Crippen LogP contribution in [0.4, 0.5) is 5.82 Å². The number of benzene rings is 1. The zero-order valence-corrected chi connectivity index (χ0v) is 17.9. The third-order valence-electron chi connectivity index (χ3n) is 5.97. The summed E-state index contributed by atoms with van der Waals surface area (Å²) in [5.41, 5.74) is 3.70. The Morgan fingerprint density at radius 3 is 2.50 bits per heavy atom. The lowest BCUT2D eigenvalue weighted by Gasteiger charge is -2.41. The summed E-state index contributed by atoms with van der Waals surface area (Å²) in [6.07, 6.45) is 7.19. The van der Waals surface area contributed by atoms with Crippen molar-refractivity contribution in [3.8, 4) is 12.3 Å². The summed E-state index contributed by atoms with van der Waals surface area (Å²) in [5, 5.41) is 1.07. The maximum absolute atomic E-state index is 12.1. The van der Waals surface area contributed by atoms with E-state index in [1.165, 1.54) is 5.56 Å². The molecule has 1 aromatic carbocycles. The van der Waals surface area contributed by atoms with Crippen LogP contribution in [-0.2, 0) is 0 Å². The molecule has 5 heteroatoms. The average Bonchev–Trinajstić information content (AvgIpc) is 2.75. The number of anilines is 1. The van der Waals surface area contributed by atoms with Crippen molar-refractivity contribution >= 4 is 16.7 Å². The van der Waals surface area contributed by atoms with Crippen molar-refractivity contribution in [2.75, 3.05) is 31.1 Å². The first-order valence-electron chi connectivity index (χ1n) is 10.5. The Kier molecular flexibility index (Phi) is 5.61. The molecule has 1 fully saturated rings. The number of pyridine rings is 2. The molecule has 0 radical (unpaired) electrons. The molecule has 0 bridgehead atoms. The van der Waals surface area contributed by atoms with Gasteiger partial charge in [-0.1, -0.05) is 31.9 Å². The average molecular weight is 401 g/mol. The van der Waals surface area contributed by atoms with Crippen molar-refractivity contribution in [2.45, 2.75) is 26.8 Å². The van der Waals surface area contributed by atoms with E-state index in [-0.39, 0.29) is 5.56 Å². The van der Waals surface area contributed by atoms with Gasteiger partial charge in [0.2, 0.25) is 0 Å². The van der Waals surface area contributed by atoms with Crippen LogP contribution in [0.3, 0.4) is 0 Å². The molecule has 3 aromatic rings. The van der Waals surface area contributed by atoms with Gasteiger partial charge < -0.3 is 9.88 Å². The standard InChI is InChI=1S/C25H28N4O/c1-5-19-6-9-23(26-16-19)28-10-12-29(13-11-28)24(17(2)3)21-8-7-20-14-18(4)25(30)27-22(20)15-21/h1,6-9,14-17,24H,10-13H2,2-4H3,(H,27,30). The van der Waals surface area contributed by atoms with Crippen LogP contribution < -0.4 is 10.5 Å². The maximum atomic E-state index is 12.1. The van der Waals surface area contributed by atoms with Crippen LogP contribution in [0.15, 0.2) is 47.4 Å². The number of fused-ring (bicyclic) bond motifs is 1. The molecular weight excluding hydrogens is 372 g/mol. The van der Waals surface area contributed by atoms with Crippen molar-refractivity contribution < 1.29 is 0 Å². The quantitative estimate of drug-likeness (QED) is 0.678. The van der Waals surface area contributed by atoms with E-state index in [0.717, 1.165) is 54.0 Å². The Labute approximate surface area is 177 Å². The van der Waals surface area contributed by atoms with E-state index >= 15 is 0 Å². The van der Waals surface area contributed by atoms with Crippen molar-refractivity contribution in [1.29, 1.82) is 0 Å². The Balaban J connectivity index is 1.54. The minimum atomic E-state index is -0.0160. The largest absolute Gasteiger partial charge is 0.354 e. The van der Waals surface area contributed by atoms with E-state index in [0.29, 0.717) is 12.0 Å². The molecule has 1 aliphatic heterocycles. The monoisotopic (exact) mass is 400 g/mol. The number of aromatic nitrogens is 2. The maximum Gasteiger partial charge on any atom is 0.251 e. The van der Waals surface area contributed by atoms with E-state index in [2.05, 4.69) is 57.7 Å². The number of aromatic amines is 1. The number of hydrogen-bond acceptors (Lipinski definition) is 4. The second kappa shape index (κ2) is 8.33. The summed E-state index contributed by atoms with van der Waals surface area (Å²) in [6, 6.07) is 12.7. The summed E-state index contributed by atoms with van der Waals surface area (Å²) in [4.78, 5) is 24.5. The van der Waals surface area contributed by atoms with Crippen LogP contribution in [0, 0.1) is 25.2 Å². The Morgan fingerprint density at radius 2 is 1.87 bits per heavy atom. The topological polar surface area (TPSA) is 52.2 Å². The molecule has 1 unspecified atom stereocenters. The van der Waals surface area contributed by atoms with E-state index in [9.17, 15) is 4.79 Å². The highest BCUT2D eigenvalue weighted by Crippen LogP contribution is 2.31. The highest BCUT2D eigenvalue weighted by atomic mass is 16.1. The van der Waals surface area contributed by atoms with E-state index < -0.39 is 0 Å². The molecular formula is C25H28N4O. The van der Waals surface area contributed by atoms with Crippen LogP contribution in [0.5, 0.6) is 0 Å². The van der Waals surface area contributed by atoms with Gasteiger partial charge in [-0.2, -0.15) is 0 Å². The van der Waals surface area contributed by atoms with Crippen LogP contribution in [0.2, 0.25) is 0 Å². The molecule has 30 heavy (non-hydrogen) atoms. The molecule has 5 nitrogen and oxygen atoms in total. The Morgan fingerprint density at radius 1 is 1.10 bits per heavy atom. The predicted octanol–water partition coefficient (Wildman–Crippen LogP) is 3.73. The van der Waals surface area contributed by atoms with Gasteiger partial charge in [-0.25, -0.2) is 4.98 Å². The summed E-state index contributed by atoms with van der Waals surface area (Å²) in [7, 11) is 0. The summed E-state index contributed by atoms with van der Waals surface area (Å²) in [5.74, 6) is 4.06. The molecule has 0 saturated carbocycles. The van der Waals surface area contributed by atoms with Gasteiger partial charge in [-0.05, 0) is 48.1 Å². The molecule has 0 spiro atoms. The number of rotatable bonds is 4. The zero-order valence-electron chi connectivity index (χ0n) is 17.9. The zero-order chi connectivity index (χ0) is 21.3. The molecule has 2 aromatic heterocycles. The van der Waals surface area contributed by atoms with Crippen LogP contribution in [0.1, 0.15) is 36.6 Å². The minimum absolute atomic E-state index is 0.0160. The van der Waals surface area contributed by atoms with Crippen LogP contribution in [-0.4, -0.2) is 41.0 Å². The SMILES string of the molecule is C#Cc1ccc(N2CCN(C(c3ccc4cc(C)c(=O)[nH]c4c3)C(C)C)CC2)nc1. The van der Waals surface area contributed by atoms with Gasteiger partial charge in [-0.3, -0.25) is 9.69 Å². The summed E-state index contributed by atoms with van der Waals surface area (Å²) in [6.45, 7) is 10.1. The fourth-order valence-electron chi connectivity index (χ4n) is 4.42. The Hall–Kier alpha value is -3.10. The van der Waals surface area contributed by atoms with Gasteiger partial charge in [0, 0.05) is 55.1 Å². The van der Waals surface area contributed by atoms with Gasteiger partial charge in [-0.15, -0.1) is 6.42 Å². The normalized spacial score (nSPS) is 16.0. The molecule has 154 valence electrons. The highest BCUT2D eigenvalue weighted by Gasteiger charge is 2.28. The van der Waals surface area contributed by atoms with Crippen molar-refractivity contribution in [3.63, 3.8) is 0 Å². The van der Waals surface area contributed by atoms with Gasteiger partial charge in [0.15, 0.2) is 0 Å². The number of terminal acetylenes is 1. The van der Waals surface area contributed by atoms with Gasteiger partial charge in [0.05, 0.1) is 0 Å². The molecule has 1 saturated heterocycles. The first-order chi connectivity index (χ1) is 14.5. The third kappa shape index (κ3) is 3.96. The second-order valence-corrected chi connectivity index (χ2v) is 8.39. The van der Waals surface area contributed by atoms with Crippen molar-refractivity contribution in [2.24, 2.45) is 5.92 Å². The van der Waals surface area contributed by atoms with Crippen LogP contribution >= 0.6 is 0 Å². The summed E-state index contributed by atoms with van der Waals surface area (Å²) < 4.78 is 0. The Bertz CT molecular complexity index is 1130. The first kappa shape index (κ1) is 20.2. The first-order valence-corrected chi connectivity index (χ1v) is 10.5. The highest BCUT2D eigenvalue weighted by molar-refractivity contribution is 5.79. The fourth-order valence-corrected chi connectivity index (χ4v) is 4.42. The lowest BCUT2D eigenvalue weighted by molar-refractivity contribution is 0.146. The van der Waals surface area contributed by atoms with E-state index in [4.69, 9.17) is 6.42 Å². The number of nitrogens with one attached hydrogen (secondary N) is 1. The molecule has 1 N–H and O–H groups in total. The lowest BCUT2D eigenvalue weighted by Crippen LogP contribution is -2.49. The van der Waals surface area contributed by atoms with Crippen LogP contribution in [0.25, 0.3) is 10.9 Å². The lowest BCUT2D eigenvalue weighted by atomic mass is 9.92. The molecule has 3 heterocycles. The van der Waals surface area contributed by atoms with E-state index in [1.807, 2.05) is 25.1 Å². The molecule has 1 aliphatic rings. The molecule has 0 amide bonds. The fraction of sp³-hybridized carbons (Fsp3) is 0.360. The van der Waals surface area contributed by atoms with Crippen molar-refractivity contribution in [3.05, 3.63) is 69.6 Å². The molecule has 1 atom stereocenters. The smallest absolute Gasteiger partial charge is 0.251 e. The second-order valence-electron chi connectivity index (χ2n) is 8.39. The summed E-state index contributed by atoms with van der Waals surface area (Å²) >= 11 is 0. The number of piperazine rings is 1. The van der Waals surface area contributed by atoms with E-state index in [1.54, 1.807) is 6.20 Å². The number of hydrogen-bond donors (Lipinski definition) is 1. The van der Waals surface area contributed by atoms with Gasteiger partial charge in [0.1, 0.15) is 5.82 Å². The predicted molar refractivity (Wildman–Crippen MR) is 123 cm³/mol. The number of nitrogens with zero attached hydrogens (tertiary/aromatic N) is 3. The number of aryl methyl sites for hydroxylation is 1. The van der Waals surface area contributed by atoms with Gasteiger partial charge >= 0.3 is 0 Å². The third-order valence-corrected chi connectivity index (χ3v) is 5.97. The number of H-pyrrole nitrogens is 1. The van der Waals surface area contributed by atoms with Gasteiger partial charge in [0.25, 0.3) is 5.56 Å². The molecule has 0 aliphatic carbocycles. The molecule has 4 rings (SSSR count). The van der Waals surface area contributed by atoms with Crippen molar-refractivity contribution in [1.82, 2.24) is 14.9 Å².